The van der Waals surface area contributed by atoms with Gasteiger partial charge >= 0.3 is 0 Å². The molecule has 31 heavy (non-hydrogen) atoms. The molecule has 154 valence electrons. The number of rotatable bonds is 4. The summed E-state index contributed by atoms with van der Waals surface area (Å²) in [5.74, 6) is 1.07. The normalized spacial score (nSPS) is 11.5. The highest BCUT2D eigenvalue weighted by Crippen LogP contribution is 2.28. The quantitative estimate of drug-likeness (QED) is 0.287. The van der Waals surface area contributed by atoms with Crippen LogP contribution in [0.5, 0.6) is 0 Å². The molecule has 5 rings (SSSR count). The lowest BCUT2D eigenvalue weighted by Gasteiger charge is -2.13. The standard InChI is InChI=1S/C23H18ClN5OS/c1-14-9-10-18(15(2)12-14)28-21(30)17-7-3-4-8-19(17)29-22(28)26-27-23(29)31-13-16-6-5-11-25-20(16)24/h3-12H,13H2,1-2H3. The van der Waals surface area contributed by atoms with Gasteiger partial charge in [-0.25, -0.2) is 9.55 Å². The molecule has 0 unspecified atom stereocenters. The molecule has 0 fully saturated rings. The minimum absolute atomic E-state index is 0.116. The summed E-state index contributed by atoms with van der Waals surface area (Å²) in [4.78, 5) is 17.6. The van der Waals surface area contributed by atoms with Crippen LogP contribution in [0, 0.1) is 13.8 Å². The van der Waals surface area contributed by atoms with Gasteiger partial charge in [-0.15, -0.1) is 10.2 Å². The predicted molar refractivity (Wildman–Crippen MR) is 124 cm³/mol. The summed E-state index contributed by atoms with van der Waals surface area (Å²) in [6.07, 6.45) is 1.67. The van der Waals surface area contributed by atoms with E-state index in [1.54, 1.807) is 10.8 Å². The van der Waals surface area contributed by atoms with Gasteiger partial charge in [-0.05, 0) is 49.2 Å². The van der Waals surface area contributed by atoms with Gasteiger partial charge in [0.2, 0.25) is 5.78 Å². The number of pyridine rings is 1. The number of aromatic nitrogens is 5. The van der Waals surface area contributed by atoms with Gasteiger partial charge in [-0.2, -0.15) is 0 Å². The molecule has 5 aromatic rings. The molecular formula is C23H18ClN5OS. The molecule has 0 N–H and O–H groups in total. The Morgan fingerprint density at radius 3 is 2.68 bits per heavy atom. The number of fused-ring (bicyclic) bond motifs is 3. The van der Waals surface area contributed by atoms with E-state index in [-0.39, 0.29) is 5.56 Å². The van der Waals surface area contributed by atoms with Crippen LogP contribution in [0.25, 0.3) is 22.4 Å². The number of hydrogen-bond donors (Lipinski definition) is 0. The van der Waals surface area contributed by atoms with Gasteiger partial charge in [0.05, 0.1) is 16.6 Å². The topological polar surface area (TPSA) is 65.1 Å². The fourth-order valence-corrected chi connectivity index (χ4v) is 4.91. The van der Waals surface area contributed by atoms with Crippen LogP contribution >= 0.6 is 23.4 Å². The number of aryl methyl sites for hydroxylation is 2. The van der Waals surface area contributed by atoms with Crippen molar-refractivity contribution >= 4 is 40.0 Å². The third-order valence-electron chi connectivity index (χ3n) is 5.18. The van der Waals surface area contributed by atoms with E-state index in [1.807, 2.05) is 66.8 Å². The molecule has 2 aromatic carbocycles. The molecule has 0 spiro atoms. The van der Waals surface area contributed by atoms with Gasteiger partial charge in [0.1, 0.15) is 5.15 Å². The van der Waals surface area contributed by atoms with Crippen LogP contribution in [-0.4, -0.2) is 24.1 Å². The average molecular weight is 448 g/mol. The van der Waals surface area contributed by atoms with Gasteiger partial charge in [-0.1, -0.05) is 59.3 Å². The van der Waals surface area contributed by atoms with Crippen LogP contribution in [0.1, 0.15) is 16.7 Å². The Balaban J connectivity index is 1.74. The molecule has 0 bridgehead atoms. The number of thioether (sulfide) groups is 1. The zero-order chi connectivity index (χ0) is 21.5. The van der Waals surface area contributed by atoms with Crippen LogP contribution in [0.15, 0.2) is 70.7 Å². The maximum atomic E-state index is 13.5. The summed E-state index contributed by atoms with van der Waals surface area (Å²) in [6, 6.07) is 17.3. The van der Waals surface area contributed by atoms with Crippen molar-refractivity contribution in [3.63, 3.8) is 0 Å². The fourth-order valence-electron chi connectivity index (χ4n) is 3.71. The molecule has 8 heteroatoms. The molecule has 0 aliphatic rings. The molecule has 0 aliphatic heterocycles. The van der Waals surface area contributed by atoms with Crippen LogP contribution in [0.2, 0.25) is 5.15 Å². The molecule has 0 saturated carbocycles. The molecule has 0 amide bonds. The predicted octanol–water partition coefficient (Wildman–Crippen LogP) is 4.99. The zero-order valence-corrected chi connectivity index (χ0v) is 18.5. The second-order valence-corrected chi connectivity index (χ2v) is 8.61. The Labute approximate surface area is 187 Å². The van der Waals surface area contributed by atoms with Crippen LogP contribution < -0.4 is 5.56 Å². The highest BCUT2D eigenvalue weighted by Gasteiger charge is 2.19. The van der Waals surface area contributed by atoms with E-state index in [1.165, 1.54) is 11.8 Å². The first-order chi connectivity index (χ1) is 15.0. The Hall–Kier alpha value is -3.16. The van der Waals surface area contributed by atoms with Crippen LogP contribution in [0.4, 0.5) is 0 Å². The van der Waals surface area contributed by atoms with Gasteiger partial charge in [0, 0.05) is 11.9 Å². The minimum Gasteiger partial charge on any atom is -0.268 e. The van der Waals surface area contributed by atoms with Crippen molar-refractivity contribution in [1.82, 2.24) is 24.1 Å². The first-order valence-corrected chi connectivity index (χ1v) is 11.1. The maximum absolute atomic E-state index is 13.5. The van der Waals surface area contributed by atoms with E-state index in [9.17, 15) is 4.79 Å². The highest BCUT2D eigenvalue weighted by atomic mass is 35.5. The molecule has 0 radical (unpaired) electrons. The summed E-state index contributed by atoms with van der Waals surface area (Å²) in [5.41, 5.74) is 4.50. The average Bonchev–Trinajstić information content (AvgIpc) is 3.18. The van der Waals surface area contributed by atoms with Gasteiger partial charge in [0.25, 0.3) is 5.56 Å². The number of benzene rings is 2. The molecule has 0 aliphatic carbocycles. The van der Waals surface area contributed by atoms with E-state index in [0.717, 1.165) is 27.9 Å². The van der Waals surface area contributed by atoms with Crippen LogP contribution in [0.3, 0.4) is 0 Å². The van der Waals surface area contributed by atoms with Gasteiger partial charge in [-0.3, -0.25) is 9.20 Å². The molecule has 6 nitrogen and oxygen atoms in total. The third-order valence-corrected chi connectivity index (χ3v) is 6.50. The van der Waals surface area contributed by atoms with Crippen LogP contribution in [-0.2, 0) is 5.75 Å². The maximum Gasteiger partial charge on any atom is 0.267 e. The first kappa shape index (κ1) is 19.8. The largest absolute Gasteiger partial charge is 0.268 e. The Bertz CT molecular complexity index is 1510. The van der Waals surface area contributed by atoms with E-state index < -0.39 is 0 Å². The summed E-state index contributed by atoms with van der Waals surface area (Å²) in [6.45, 7) is 4.03. The summed E-state index contributed by atoms with van der Waals surface area (Å²) in [7, 11) is 0. The molecule has 3 heterocycles. The number of para-hydroxylation sites is 1. The fraction of sp³-hybridized carbons (Fsp3) is 0.130. The molecule has 0 saturated heterocycles. The van der Waals surface area contributed by atoms with Crippen molar-refractivity contribution in [3.8, 4) is 5.69 Å². The Morgan fingerprint density at radius 2 is 1.87 bits per heavy atom. The molecular weight excluding hydrogens is 430 g/mol. The van der Waals surface area contributed by atoms with E-state index >= 15 is 0 Å². The smallest absolute Gasteiger partial charge is 0.267 e. The number of hydrogen-bond acceptors (Lipinski definition) is 5. The van der Waals surface area contributed by atoms with E-state index in [4.69, 9.17) is 11.6 Å². The first-order valence-electron chi connectivity index (χ1n) is 9.73. The molecule has 0 atom stereocenters. The third kappa shape index (κ3) is 3.40. The monoisotopic (exact) mass is 447 g/mol. The van der Waals surface area contributed by atoms with Gasteiger partial charge < -0.3 is 0 Å². The van der Waals surface area contributed by atoms with Crippen molar-refractivity contribution in [2.45, 2.75) is 24.8 Å². The lowest BCUT2D eigenvalue weighted by Crippen LogP contribution is -2.22. The SMILES string of the molecule is Cc1ccc(-n2c(=O)c3ccccc3n3c(SCc4cccnc4Cl)nnc23)c(C)c1. The second kappa shape index (κ2) is 7.83. The Kier molecular flexibility index (Phi) is 5.00. The van der Waals surface area contributed by atoms with Crippen molar-refractivity contribution in [2.75, 3.05) is 0 Å². The van der Waals surface area contributed by atoms with E-state index in [0.29, 0.717) is 27.2 Å². The highest BCUT2D eigenvalue weighted by molar-refractivity contribution is 7.98. The molecule has 3 aromatic heterocycles. The van der Waals surface area contributed by atoms with Crippen molar-refractivity contribution in [1.29, 1.82) is 0 Å². The second-order valence-electron chi connectivity index (χ2n) is 7.31. The number of halogens is 1. The summed E-state index contributed by atoms with van der Waals surface area (Å²) in [5, 5.41) is 10.6. The lowest BCUT2D eigenvalue weighted by molar-refractivity contribution is 0.928. The van der Waals surface area contributed by atoms with Crippen molar-refractivity contribution in [2.24, 2.45) is 0 Å². The number of nitrogens with zero attached hydrogens (tertiary/aromatic N) is 5. The van der Waals surface area contributed by atoms with Gasteiger partial charge in [0.15, 0.2) is 5.16 Å². The van der Waals surface area contributed by atoms with Crippen molar-refractivity contribution in [3.05, 3.63) is 93.0 Å². The minimum atomic E-state index is -0.116. The zero-order valence-electron chi connectivity index (χ0n) is 16.9. The lowest BCUT2D eigenvalue weighted by atomic mass is 10.1. The Morgan fingerprint density at radius 1 is 1.03 bits per heavy atom. The summed E-state index contributed by atoms with van der Waals surface area (Å²) >= 11 is 7.73. The van der Waals surface area contributed by atoms with E-state index in [2.05, 4.69) is 21.2 Å². The van der Waals surface area contributed by atoms with Crippen molar-refractivity contribution < 1.29 is 0 Å². The summed E-state index contributed by atoms with van der Waals surface area (Å²) < 4.78 is 3.58.